The van der Waals surface area contributed by atoms with Gasteiger partial charge in [-0.15, -0.1) is 0 Å². The first-order valence-corrected chi connectivity index (χ1v) is 14.3. The van der Waals surface area contributed by atoms with Gasteiger partial charge in [0, 0.05) is 38.6 Å². The van der Waals surface area contributed by atoms with Crippen molar-refractivity contribution < 1.29 is 30.8 Å². The average molecular weight is 526 g/mol. The quantitative estimate of drug-likeness (QED) is 0.587. The lowest BCUT2D eigenvalue weighted by Crippen LogP contribution is -2.42. The third-order valence-corrected chi connectivity index (χ3v) is 10.1. The molecular formula is C23H28FN3O6S2. The molecule has 2 aromatic carbocycles. The molecule has 2 heterocycles. The van der Waals surface area contributed by atoms with Crippen molar-refractivity contribution in [1.29, 1.82) is 0 Å². The molecule has 0 aliphatic carbocycles. The zero-order valence-corrected chi connectivity index (χ0v) is 20.7. The van der Waals surface area contributed by atoms with E-state index in [2.05, 4.69) is 5.32 Å². The third kappa shape index (κ3) is 5.89. The highest BCUT2D eigenvalue weighted by Crippen LogP contribution is 2.24. The van der Waals surface area contributed by atoms with Gasteiger partial charge in [-0.2, -0.15) is 8.61 Å². The first-order valence-electron chi connectivity index (χ1n) is 11.4. The molecule has 0 aromatic heterocycles. The Kier molecular flexibility index (Phi) is 7.86. The molecule has 0 bridgehead atoms. The Morgan fingerprint density at radius 2 is 1.31 bits per heavy atom. The molecule has 190 valence electrons. The lowest BCUT2D eigenvalue weighted by Gasteiger charge is -2.30. The van der Waals surface area contributed by atoms with E-state index >= 15 is 0 Å². The summed E-state index contributed by atoms with van der Waals surface area (Å²) in [5, 5.41) is 2.86. The van der Waals surface area contributed by atoms with Crippen LogP contribution in [0.5, 0.6) is 0 Å². The summed E-state index contributed by atoms with van der Waals surface area (Å²) in [6.45, 7) is 2.04. The summed E-state index contributed by atoms with van der Waals surface area (Å²) >= 11 is 0. The van der Waals surface area contributed by atoms with Crippen LogP contribution in [0, 0.1) is 11.7 Å². The number of nitrogens with one attached hydrogen (secondary N) is 1. The van der Waals surface area contributed by atoms with E-state index in [-0.39, 0.29) is 41.3 Å². The lowest BCUT2D eigenvalue weighted by atomic mass is 9.97. The second-order valence-electron chi connectivity index (χ2n) is 8.51. The van der Waals surface area contributed by atoms with E-state index < -0.39 is 25.9 Å². The first kappa shape index (κ1) is 25.7. The molecule has 2 saturated heterocycles. The number of rotatable bonds is 7. The number of amides is 1. The summed E-state index contributed by atoms with van der Waals surface area (Å²) in [4.78, 5) is 12.9. The molecule has 0 spiro atoms. The van der Waals surface area contributed by atoms with Gasteiger partial charge in [0.25, 0.3) is 0 Å². The molecule has 2 aromatic rings. The summed E-state index contributed by atoms with van der Waals surface area (Å²) in [6, 6.07) is 11.1. The number of ether oxygens (including phenoxy) is 1. The minimum atomic E-state index is -3.73. The minimum absolute atomic E-state index is 0.0286. The predicted octanol–water partition coefficient (Wildman–Crippen LogP) is 1.56. The molecule has 0 saturated carbocycles. The highest BCUT2D eigenvalue weighted by molar-refractivity contribution is 7.89. The second-order valence-corrected chi connectivity index (χ2v) is 12.4. The SMILES string of the molecule is O=C(NCc1ccc(S(=O)(=O)N2CCOCC2)cc1)C1CCN(S(=O)(=O)c2ccc(F)cc2)CC1. The number of halogens is 1. The van der Waals surface area contributed by atoms with Gasteiger partial charge in [0.2, 0.25) is 26.0 Å². The minimum Gasteiger partial charge on any atom is -0.379 e. The monoisotopic (exact) mass is 525 g/mol. The second kappa shape index (κ2) is 10.7. The van der Waals surface area contributed by atoms with Crippen LogP contribution in [-0.4, -0.2) is 70.7 Å². The summed E-state index contributed by atoms with van der Waals surface area (Å²) < 4.78 is 71.9. The van der Waals surface area contributed by atoms with Crippen LogP contribution in [0.15, 0.2) is 58.3 Å². The number of carbonyl (C=O) groups excluding carboxylic acids is 1. The zero-order chi connectivity index (χ0) is 25.1. The summed E-state index contributed by atoms with van der Waals surface area (Å²) in [6.07, 6.45) is 0.756. The van der Waals surface area contributed by atoms with Crippen LogP contribution in [0.25, 0.3) is 0 Å². The molecule has 9 nitrogen and oxygen atoms in total. The summed E-state index contributed by atoms with van der Waals surface area (Å²) in [5.41, 5.74) is 0.760. The molecule has 0 unspecified atom stereocenters. The number of piperidine rings is 1. The highest BCUT2D eigenvalue weighted by atomic mass is 32.2. The maximum absolute atomic E-state index is 13.1. The van der Waals surface area contributed by atoms with Crippen molar-refractivity contribution in [2.75, 3.05) is 39.4 Å². The Hall–Kier alpha value is -2.38. The van der Waals surface area contributed by atoms with Crippen LogP contribution in [-0.2, 0) is 36.1 Å². The van der Waals surface area contributed by atoms with Crippen LogP contribution in [0.1, 0.15) is 18.4 Å². The Labute approximate surface area is 205 Å². The smallest absolute Gasteiger partial charge is 0.243 e. The van der Waals surface area contributed by atoms with E-state index in [9.17, 15) is 26.0 Å². The molecule has 2 aliphatic rings. The fraction of sp³-hybridized carbons (Fsp3) is 0.435. The molecule has 2 aliphatic heterocycles. The molecule has 0 atom stereocenters. The predicted molar refractivity (Wildman–Crippen MR) is 126 cm³/mol. The number of sulfonamides is 2. The molecule has 0 radical (unpaired) electrons. The van der Waals surface area contributed by atoms with Gasteiger partial charge >= 0.3 is 0 Å². The van der Waals surface area contributed by atoms with Gasteiger partial charge < -0.3 is 10.1 Å². The Bertz CT molecular complexity index is 1240. The van der Waals surface area contributed by atoms with E-state index in [0.29, 0.717) is 39.1 Å². The van der Waals surface area contributed by atoms with Gasteiger partial charge in [-0.05, 0) is 54.8 Å². The maximum atomic E-state index is 13.1. The van der Waals surface area contributed by atoms with E-state index in [4.69, 9.17) is 4.74 Å². The molecular weight excluding hydrogens is 497 g/mol. The fourth-order valence-electron chi connectivity index (χ4n) is 4.16. The van der Waals surface area contributed by atoms with Crippen molar-refractivity contribution in [1.82, 2.24) is 13.9 Å². The molecule has 35 heavy (non-hydrogen) atoms. The normalized spacial score (nSPS) is 18.9. The molecule has 2 fully saturated rings. The number of hydrogen-bond donors (Lipinski definition) is 1. The number of morpholine rings is 1. The molecule has 1 N–H and O–H groups in total. The zero-order valence-electron chi connectivity index (χ0n) is 19.1. The van der Waals surface area contributed by atoms with E-state index in [1.165, 1.54) is 32.9 Å². The van der Waals surface area contributed by atoms with Crippen molar-refractivity contribution in [3.8, 4) is 0 Å². The Balaban J connectivity index is 1.28. The number of hydrogen-bond acceptors (Lipinski definition) is 6. The van der Waals surface area contributed by atoms with Crippen molar-refractivity contribution in [3.63, 3.8) is 0 Å². The molecule has 4 rings (SSSR count). The molecule has 12 heteroatoms. The third-order valence-electron chi connectivity index (χ3n) is 6.27. The lowest BCUT2D eigenvalue weighted by molar-refractivity contribution is -0.126. The van der Waals surface area contributed by atoms with Gasteiger partial charge in [0.1, 0.15) is 5.82 Å². The standard InChI is InChI=1S/C23H28FN3O6S2/c24-20-3-7-22(8-4-20)34(29,30)26-11-9-19(10-12-26)23(28)25-17-18-1-5-21(6-2-18)35(31,32)27-13-15-33-16-14-27/h1-8,19H,9-17H2,(H,25,28). The van der Waals surface area contributed by atoms with Crippen LogP contribution >= 0.6 is 0 Å². The van der Waals surface area contributed by atoms with Crippen molar-refractivity contribution in [3.05, 3.63) is 59.9 Å². The topological polar surface area (TPSA) is 113 Å². The number of carbonyl (C=O) groups is 1. The highest BCUT2D eigenvalue weighted by Gasteiger charge is 2.32. The van der Waals surface area contributed by atoms with E-state index in [1.807, 2.05) is 0 Å². The van der Waals surface area contributed by atoms with Crippen LogP contribution in [0.4, 0.5) is 4.39 Å². The Morgan fingerprint density at radius 3 is 1.86 bits per heavy atom. The van der Waals surface area contributed by atoms with E-state index in [0.717, 1.165) is 17.7 Å². The van der Waals surface area contributed by atoms with Crippen molar-refractivity contribution in [2.24, 2.45) is 5.92 Å². The summed E-state index contributed by atoms with van der Waals surface area (Å²) in [5.74, 6) is -1.00. The van der Waals surface area contributed by atoms with Gasteiger partial charge in [-0.3, -0.25) is 4.79 Å². The average Bonchev–Trinajstić information content (AvgIpc) is 2.88. The van der Waals surface area contributed by atoms with Crippen LogP contribution in [0.2, 0.25) is 0 Å². The van der Waals surface area contributed by atoms with Gasteiger partial charge in [-0.25, -0.2) is 21.2 Å². The number of nitrogens with zero attached hydrogens (tertiary/aromatic N) is 2. The van der Waals surface area contributed by atoms with Gasteiger partial charge in [0.05, 0.1) is 23.0 Å². The summed E-state index contributed by atoms with van der Waals surface area (Å²) in [7, 11) is -7.31. The van der Waals surface area contributed by atoms with Crippen LogP contribution in [0.3, 0.4) is 0 Å². The van der Waals surface area contributed by atoms with Gasteiger partial charge in [0.15, 0.2) is 0 Å². The van der Waals surface area contributed by atoms with E-state index in [1.54, 1.807) is 12.1 Å². The van der Waals surface area contributed by atoms with Crippen molar-refractivity contribution in [2.45, 2.75) is 29.2 Å². The first-order chi connectivity index (χ1) is 16.7. The van der Waals surface area contributed by atoms with Gasteiger partial charge in [-0.1, -0.05) is 12.1 Å². The maximum Gasteiger partial charge on any atom is 0.243 e. The fourth-order valence-corrected chi connectivity index (χ4v) is 7.04. The van der Waals surface area contributed by atoms with Crippen molar-refractivity contribution >= 4 is 26.0 Å². The van der Waals surface area contributed by atoms with Crippen LogP contribution < -0.4 is 5.32 Å². The largest absolute Gasteiger partial charge is 0.379 e. The number of benzene rings is 2. The Morgan fingerprint density at radius 1 is 0.829 bits per heavy atom. The molecule has 1 amide bonds.